The van der Waals surface area contributed by atoms with Crippen LogP contribution >= 0.6 is 0 Å². The minimum Gasteiger partial charge on any atom is -0.298 e. The molecule has 4 nitrogen and oxygen atoms in total. The molecule has 0 saturated carbocycles. The van der Waals surface area contributed by atoms with E-state index in [2.05, 4.69) is 35.4 Å². The fourth-order valence-electron chi connectivity index (χ4n) is 2.31. The van der Waals surface area contributed by atoms with Gasteiger partial charge in [0.25, 0.3) is 0 Å². The highest BCUT2D eigenvalue weighted by Gasteiger charge is 2.09. The molecule has 3 rings (SSSR count). The summed E-state index contributed by atoms with van der Waals surface area (Å²) in [5.41, 5.74) is 5.04. The molecule has 21 heavy (non-hydrogen) atoms. The first-order valence-electron chi connectivity index (χ1n) is 6.87. The van der Waals surface area contributed by atoms with Gasteiger partial charge in [0.2, 0.25) is 0 Å². The van der Waals surface area contributed by atoms with Crippen molar-refractivity contribution in [3.8, 4) is 16.8 Å². The van der Waals surface area contributed by atoms with E-state index in [1.165, 1.54) is 5.56 Å². The van der Waals surface area contributed by atoms with Gasteiger partial charge in [0.1, 0.15) is 6.29 Å². The van der Waals surface area contributed by atoms with Gasteiger partial charge < -0.3 is 0 Å². The molecule has 3 aromatic rings. The first-order chi connectivity index (χ1) is 10.3. The molecule has 0 unspecified atom stereocenters. The lowest BCUT2D eigenvalue weighted by Gasteiger charge is -2.11. The molecular weight excluding hydrogens is 262 g/mol. The predicted octanol–water partition coefficient (Wildman–Crippen LogP) is 3.31. The maximum atomic E-state index is 10.8. The van der Waals surface area contributed by atoms with Crippen molar-refractivity contribution in [2.45, 2.75) is 13.3 Å². The number of hydrogen-bond donors (Lipinski definition) is 0. The lowest BCUT2D eigenvalue weighted by molar-refractivity contribution is 0.112. The smallest absolute Gasteiger partial charge is 0.150 e. The molecule has 0 aliphatic rings. The van der Waals surface area contributed by atoms with Gasteiger partial charge in [-0.3, -0.25) is 4.79 Å². The Morgan fingerprint density at radius 1 is 1.14 bits per heavy atom. The van der Waals surface area contributed by atoms with Crippen LogP contribution in [0.25, 0.3) is 16.8 Å². The van der Waals surface area contributed by atoms with Gasteiger partial charge in [0.15, 0.2) is 0 Å². The van der Waals surface area contributed by atoms with Crippen molar-refractivity contribution in [2.24, 2.45) is 0 Å². The van der Waals surface area contributed by atoms with Crippen LogP contribution in [0.5, 0.6) is 0 Å². The van der Waals surface area contributed by atoms with E-state index in [0.29, 0.717) is 5.56 Å². The molecule has 0 atom stereocenters. The molecule has 0 saturated heterocycles. The quantitative estimate of drug-likeness (QED) is 0.687. The monoisotopic (exact) mass is 277 g/mol. The number of aryl methyl sites for hydroxylation is 1. The second-order valence-electron chi connectivity index (χ2n) is 4.79. The van der Waals surface area contributed by atoms with Crippen molar-refractivity contribution in [3.05, 3.63) is 66.0 Å². The van der Waals surface area contributed by atoms with Crippen molar-refractivity contribution < 1.29 is 4.79 Å². The van der Waals surface area contributed by atoms with E-state index in [9.17, 15) is 4.79 Å². The Balaban J connectivity index is 2.15. The molecule has 1 heterocycles. The minimum atomic E-state index is 0.674. The van der Waals surface area contributed by atoms with Crippen LogP contribution in [0.3, 0.4) is 0 Å². The number of aromatic nitrogens is 3. The Kier molecular flexibility index (Phi) is 3.60. The highest BCUT2D eigenvalue weighted by Crippen LogP contribution is 2.28. The highest BCUT2D eigenvalue weighted by atomic mass is 16.1. The highest BCUT2D eigenvalue weighted by molar-refractivity contribution is 5.79. The second-order valence-corrected chi connectivity index (χ2v) is 4.79. The Labute approximate surface area is 123 Å². The van der Waals surface area contributed by atoms with Crippen LogP contribution in [-0.4, -0.2) is 21.3 Å². The molecule has 0 spiro atoms. The maximum absolute atomic E-state index is 10.8. The minimum absolute atomic E-state index is 0.674. The van der Waals surface area contributed by atoms with Crippen LogP contribution < -0.4 is 0 Å². The average Bonchev–Trinajstić information content (AvgIpc) is 3.08. The lowest BCUT2D eigenvalue weighted by atomic mass is 9.99. The van der Waals surface area contributed by atoms with Crippen molar-refractivity contribution >= 4 is 6.29 Å². The average molecular weight is 277 g/mol. The SMILES string of the molecule is CCc1ccc(-n2ccnn2)c(-c2ccc(C=O)cc2)c1. The molecule has 4 heteroatoms. The summed E-state index contributed by atoms with van der Waals surface area (Å²) in [6.07, 6.45) is 5.30. The maximum Gasteiger partial charge on any atom is 0.150 e. The molecule has 2 aromatic carbocycles. The van der Waals surface area contributed by atoms with E-state index in [-0.39, 0.29) is 0 Å². The third kappa shape index (κ3) is 2.60. The Morgan fingerprint density at radius 3 is 2.57 bits per heavy atom. The molecule has 0 radical (unpaired) electrons. The first kappa shape index (κ1) is 13.2. The van der Waals surface area contributed by atoms with E-state index in [4.69, 9.17) is 0 Å². The molecular formula is C17H15N3O. The van der Waals surface area contributed by atoms with Crippen molar-refractivity contribution in [2.75, 3.05) is 0 Å². The number of nitrogens with zero attached hydrogens (tertiary/aromatic N) is 3. The Morgan fingerprint density at radius 2 is 1.95 bits per heavy atom. The van der Waals surface area contributed by atoms with E-state index in [0.717, 1.165) is 29.5 Å². The van der Waals surface area contributed by atoms with E-state index in [1.807, 2.05) is 30.5 Å². The third-order valence-electron chi connectivity index (χ3n) is 3.50. The molecule has 1 aromatic heterocycles. The first-order valence-corrected chi connectivity index (χ1v) is 6.87. The molecule has 0 fully saturated rings. The number of rotatable bonds is 4. The lowest BCUT2D eigenvalue weighted by Crippen LogP contribution is -1.99. The summed E-state index contributed by atoms with van der Waals surface area (Å²) >= 11 is 0. The Hall–Kier alpha value is -2.75. The summed E-state index contributed by atoms with van der Waals surface area (Å²) in [6, 6.07) is 13.9. The van der Waals surface area contributed by atoms with Gasteiger partial charge in [0, 0.05) is 11.1 Å². The number of aldehydes is 1. The van der Waals surface area contributed by atoms with Crippen LogP contribution in [0.1, 0.15) is 22.8 Å². The summed E-state index contributed by atoms with van der Waals surface area (Å²) in [5, 5.41) is 7.94. The largest absolute Gasteiger partial charge is 0.298 e. The zero-order valence-corrected chi connectivity index (χ0v) is 11.7. The van der Waals surface area contributed by atoms with Gasteiger partial charge in [-0.1, -0.05) is 42.5 Å². The molecule has 0 aliphatic carbocycles. The van der Waals surface area contributed by atoms with Crippen LogP contribution in [0.4, 0.5) is 0 Å². The number of carbonyl (C=O) groups is 1. The third-order valence-corrected chi connectivity index (χ3v) is 3.50. The van der Waals surface area contributed by atoms with Gasteiger partial charge in [0.05, 0.1) is 18.1 Å². The molecule has 0 aliphatic heterocycles. The number of benzene rings is 2. The van der Waals surface area contributed by atoms with Crippen molar-refractivity contribution in [3.63, 3.8) is 0 Å². The fourth-order valence-corrected chi connectivity index (χ4v) is 2.31. The van der Waals surface area contributed by atoms with Gasteiger partial charge in [-0.15, -0.1) is 5.10 Å². The van der Waals surface area contributed by atoms with Crippen LogP contribution in [-0.2, 0) is 6.42 Å². The van der Waals surface area contributed by atoms with Crippen LogP contribution in [0.15, 0.2) is 54.9 Å². The summed E-state index contributed by atoms with van der Waals surface area (Å²) in [4.78, 5) is 10.8. The molecule has 0 bridgehead atoms. The van der Waals surface area contributed by atoms with E-state index >= 15 is 0 Å². The van der Waals surface area contributed by atoms with Gasteiger partial charge in [-0.25, -0.2) is 4.68 Å². The van der Waals surface area contributed by atoms with Gasteiger partial charge in [-0.05, 0) is 29.7 Å². The summed E-state index contributed by atoms with van der Waals surface area (Å²) in [7, 11) is 0. The van der Waals surface area contributed by atoms with Crippen LogP contribution in [0, 0.1) is 0 Å². The molecule has 0 N–H and O–H groups in total. The standard InChI is InChI=1S/C17H15N3O/c1-2-13-5-8-17(20-10-9-18-19-20)16(11-13)15-6-3-14(12-21)4-7-15/h3-12H,2H2,1H3. The van der Waals surface area contributed by atoms with Gasteiger partial charge in [-0.2, -0.15) is 0 Å². The predicted molar refractivity (Wildman–Crippen MR) is 81.6 cm³/mol. The fraction of sp³-hybridized carbons (Fsp3) is 0.118. The van der Waals surface area contributed by atoms with E-state index < -0.39 is 0 Å². The molecule has 0 amide bonds. The number of carbonyl (C=O) groups excluding carboxylic acids is 1. The van der Waals surface area contributed by atoms with Gasteiger partial charge >= 0.3 is 0 Å². The van der Waals surface area contributed by atoms with E-state index in [1.54, 1.807) is 10.9 Å². The summed E-state index contributed by atoms with van der Waals surface area (Å²) in [5.74, 6) is 0. The Bertz CT molecular complexity index is 746. The molecule has 104 valence electrons. The summed E-state index contributed by atoms with van der Waals surface area (Å²) < 4.78 is 1.75. The zero-order valence-electron chi connectivity index (χ0n) is 11.7. The normalized spacial score (nSPS) is 10.5. The van der Waals surface area contributed by atoms with Crippen molar-refractivity contribution in [1.29, 1.82) is 0 Å². The summed E-state index contributed by atoms with van der Waals surface area (Å²) in [6.45, 7) is 2.13. The number of hydrogen-bond acceptors (Lipinski definition) is 3. The second kappa shape index (κ2) is 5.71. The topological polar surface area (TPSA) is 47.8 Å². The van der Waals surface area contributed by atoms with Crippen molar-refractivity contribution in [1.82, 2.24) is 15.0 Å². The van der Waals surface area contributed by atoms with Crippen LogP contribution in [0.2, 0.25) is 0 Å². The zero-order chi connectivity index (χ0) is 14.7.